The van der Waals surface area contributed by atoms with Gasteiger partial charge in [-0.15, -0.1) is 11.3 Å². The van der Waals surface area contributed by atoms with Crippen LogP contribution < -0.4 is 4.74 Å². The van der Waals surface area contributed by atoms with E-state index < -0.39 is 17.6 Å². The Labute approximate surface area is 225 Å². The third-order valence-electron chi connectivity index (χ3n) is 6.58. The van der Waals surface area contributed by atoms with Gasteiger partial charge in [-0.25, -0.2) is 23.5 Å². The summed E-state index contributed by atoms with van der Waals surface area (Å²) in [6, 6.07) is 11.8. The zero-order valence-electron chi connectivity index (χ0n) is 20.5. The first-order valence-corrected chi connectivity index (χ1v) is 13.1. The minimum atomic E-state index is -1.05. The lowest BCUT2D eigenvalue weighted by Crippen LogP contribution is -2.31. The zero-order valence-corrected chi connectivity index (χ0v) is 21.3. The number of thiazole rings is 1. The van der Waals surface area contributed by atoms with Gasteiger partial charge in [0.2, 0.25) is 5.88 Å². The highest BCUT2D eigenvalue weighted by atomic mass is 32.1. The average Bonchev–Trinajstić information content (AvgIpc) is 3.54. The molecule has 1 unspecified atom stereocenters. The van der Waals surface area contributed by atoms with Crippen LogP contribution in [-0.4, -0.2) is 43.3 Å². The van der Waals surface area contributed by atoms with Crippen molar-refractivity contribution in [3.05, 3.63) is 93.7 Å². The number of carbonyl (C=O) groups is 1. The highest BCUT2D eigenvalue weighted by molar-refractivity contribution is 7.09. The van der Waals surface area contributed by atoms with Gasteiger partial charge in [0.25, 0.3) is 0 Å². The number of carboxylic acid groups (broad SMARTS) is 1. The summed E-state index contributed by atoms with van der Waals surface area (Å²) >= 11 is 1.45. The molecule has 1 fully saturated rings. The second-order valence-electron chi connectivity index (χ2n) is 9.15. The monoisotopic (exact) mass is 548 g/mol. The van der Waals surface area contributed by atoms with Crippen molar-refractivity contribution in [1.82, 2.24) is 19.5 Å². The van der Waals surface area contributed by atoms with E-state index in [2.05, 4.69) is 15.0 Å². The van der Waals surface area contributed by atoms with Gasteiger partial charge in [-0.05, 0) is 48.4 Å². The average molecular weight is 549 g/mol. The van der Waals surface area contributed by atoms with E-state index >= 15 is 8.78 Å². The van der Waals surface area contributed by atoms with Crippen LogP contribution in [0.25, 0.3) is 22.3 Å². The van der Waals surface area contributed by atoms with E-state index in [0.29, 0.717) is 30.0 Å². The van der Waals surface area contributed by atoms with Crippen LogP contribution in [0.4, 0.5) is 8.78 Å². The number of aromatic carboxylic acids is 1. The molecule has 11 heteroatoms. The summed E-state index contributed by atoms with van der Waals surface area (Å²) in [5.41, 5.74) is 3.39. The molecule has 0 saturated carbocycles. The van der Waals surface area contributed by atoms with E-state index in [9.17, 15) is 9.90 Å². The summed E-state index contributed by atoms with van der Waals surface area (Å²) in [5.74, 6) is -1.50. The van der Waals surface area contributed by atoms with Crippen LogP contribution in [0.2, 0.25) is 0 Å². The molecule has 0 spiro atoms. The second kappa shape index (κ2) is 10.5. The molecular formula is C28H22F2N4O4S. The van der Waals surface area contributed by atoms with Crippen LogP contribution in [0.3, 0.4) is 0 Å². The Kier molecular flexibility index (Phi) is 6.76. The van der Waals surface area contributed by atoms with Gasteiger partial charge in [0.15, 0.2) is 0 Å². The maximum absolute atomic E-state index is 15.4. The van der Waals surface area contributed by atoms with Crippen LogP contribution in [-0.2, 0) is 24.3 Å². The molecule has 8 nitrogen and oxygen atoms in total. The highest BCUT2D eigenvalue weighted by Gasteiger charge is 2.23. The maximum Gasteiger partial charge on any atom is 0.335 e. The number of ether oxygens (including phenoxy) is 2. The molecule has 3 aromatic heterocycles. The number of pyridine rings is 1. The number of benzene rings is 2. The van der Waals surface area contributed by atoms with Crippen molar-refractivity contribution >= 4 is 28.3 Å². The number of nitrogens with zero attached hydrogens (tertiary/aromatic N) is 4. The zero-order chi connectivity index (χ0) is 26.9. The first-order chi connectivity index (χ1) is 18.9. The molecule has 6 rings (SSSR count). The van der Waals surface area contributed by atoms with Gasteiger partial charge in [0, 0.05) is 30.9 Å². The van der Waals surface area contributed by atoms with Gasteiger partial charge in [0.05, 0.1) is 45.3 Å². The predicted molar refractivity (Wildman–Crippen MR) is 140 cm³/mol. The summed E-state index contributed by atoms with van der Waals surface area (Å²) < 4.78 is 43.8. The van der Waals surface area contributed by atoms with E-state index in [1.807, 2.05) is 4.57 Å². The van der Waals surface area contributed by atoms with Crippen molar-refractivity contribution in [2.24, 2.45) is 0 Å². The number of hydrogen-bond donors (Lipinski definition) is 1. The van der Waals surface area contributed by atoms with Crippen LogP contribution in [0.15, 0.2) is 60.2 Å². The molecule has 1 aliphatic heterocycles. The summed E-state index contributed by atoms with van der Waals surface area (Å²) in [4.78, 5) is 25.4. The van der Waals surface area contributed by atoms with Crippen molar-refractivity contribution in [2.75, 3.05) is 6.61 Å². The first kappa shape index (κ1) is 25.1. The lowest BCUT2D eigenvalue weighted by atomic mass is 10.0. The van der Waals surface area contributed by atoms with E-state index in [0.717, 1.165) is 23.4 Å². The Morgan fingerprint density at radius 1 is 1.15 bits per heavy atom. The van der Waals surface area contributed by atoms with E-state index in [-0.39, 0.29) is 47.4 Å². The van der Waals surface area contributed by atoms with Crippen molar-refractivity contribution in [2.45, 2.75) is 32.1 Å². The first-order valence-electron chi connectivity index (χ1n) is 12.2. The fourth-order valence-electron chi connectivity index (χ4n) is 4.47. The Hall–Kier alpha value is -4.22. The van der Waals surface area contributed by atoms with E-state index in [1.165, 1.54) is 17.4 Å². The minimum Gasteiger partial charge on any atom is -0.478 e. The van der Waals surface area contributed by atoms with Crippen molar-refractivity contribution < 1.29 is 28.2 Å². The van der Waals surface area contributed by atoms with Gasteiger partial charge in [-0.1, -0.05) is 6.07 Å². The highest BCUT2D eigenvalue weighted by Crippen LogP contribution is 2.29. The molecule has 0 bridgehead atoms. The van der Waals surface area contributed by atoms with Gasteiger partial charge in [-0.3, -0.25) is 4.98 Å². The fraction of sp³-hybridized carbons (Fsp3) is 0.214. The molecular weight excluding hydrogens is 526 g/mol. The number of rotatable bonds is 9. The van der Waals surface area contributed by atoms with Gasteiger partial charge >= 0.3 is 5.97 Å². The number of hydrogen-bond acceptors (Lipinski definition) is 7. The molecule has 1 N–H and O–H groups in total. The molecule has 0 radical (unpaired) electrons. The SMILES string of the molecule is O=C(O)c1ccc2nc(Cc3cc(F)c(-c4cccc(OCc5cncs5)n4)cc3F)n(CC3CCO3)c2c1. The molecule has 0 amide bonds. The summed E-state index contributed by atoms with van der Waals surface area (Å²) in [6.07, 6.45) is 2.52. The van der Waals surface area contributed by atoms with Gasteiger partial charge in [0.1, 0.15) is 24.1 Å². The van der Waals surface area contributed by atoms with Crippen molar-refractivity contribution in [1.29, 1.82) is 0 Å². The second-order valence-corrected chi connectivity index (χ2v) is 10.1. The molecule has 2 aromatic carbocycles. The number of carboxylic acids is 1. The number of fused-ring (bicyclic) bond motifs is 1. The molecule has 5 aromatic rings. The number of aromatic nitrogens is 4. The maximum atomic E-state index is 15.4. The lowest BCUT2D eigenvalue weighted by molar-refractivity contribution is -0.0589. The number of halogens is 2. The van der Waals surface area contributed by atoms with Crippen LogP contribution in [0.1, 0.15) is 33.0 Å². The predicted octanol–water partition coefficient (Wildman–Crippen LogP) is 5.49. The summed E-state index contributed by atoms with van der Waals surface area (Å²) in [6.45, 7) is 1.37. The molecule has 39 heavy (non-hydrogen) atoms. The van der Waals surface area contributed by atoms with Crippen molar-refractivity contribution in [3.63, 3.8) is 0 Å². The van der Waals surface area contributed by atoms with Crippen LogP contribution in [0, 0.1) is 11.6 Å². The fourth-order valence-corrected chi connectivity index (χ4v) is 4.98. The van der Waals surface area contributed by atoms with E-state index in [1.54, 1.807) is 42.0 Å². The van der Waals surface area contributed by atoms with Gasteiger partial charge in [-0.2, -0.15) is 0 Å². The van der Waals surface area contributed by atoms with Crippen LogP contribution in [0.5, 0.6) is 5.88 Å². The van der Waals surface area contributed by atoms with Crippen LogP contribution >= 0.6 is 11.3 Å². The Bertz CT molecular complexity index is 1670. The quantitative estimate of drug-likeness (QED) is 0.260. The molecule has 4 heterocycles. The largest absolute Gasteiger partial charge is 0.478 e. The molecule has 0 aliphatic carbocycles. The smallest absolute Gasteiger partial charge is 0.335 e. The normalized spacial score (nSPS) is 14.9. The molecule has 1 saturated heterocycles. The number of imidazole rings is 1. The minimum absolute atomic E-state index is 0.0122. The topological polar surface area (TPSA) is 99.4 Å². The third-order valence-corrected chi connectivity index (χ3v) is 7.34. The standard InChI is InChI=1S/C28H22F2N4O4S/c29-21-11-20(23-2-1-3-27(33-23)38-14-19-12-31-15-39-19)22(30)8-17(21)10-26-32-24-5-4-16(28(35)36)9-25(24)34(26)13-18-6-7-37-18/h1-5,8-9,11-12,15,18H,6-7,10,13-14H2,(H,35,36). The Balaban J connectivity index is 1.29. The molecule has 198 valence electrons. The Morgan fingerprint density at radius 3 is 2.77 bits per heavy atom. The van der Waals surface area contributed by atoms with E-state index in [4.69, 9.17) is 9.47 Å². The molecule has 1 aliphatic rings. The lowest BCUT2D eigenvalue weighted by Gasteiger charge is -2.27. The Morgan fingerprint density at radius 2 is 2.03 bits per heavy atom. The third kappa shape index (κ3) is 5.23. The van der Waals surface area contributed by atoms with Gasteiger partial charge < -0.3 is 19.1 Å². The summed E-state index contributed by atoms with van der Waals surface area (Å²) in [5, 5.41) is 9.43. The molecule has 1 atom stereocenters. The summed E-state index contributed by atoms with van der Waals surface area (Å²) in [7, 11) is 0. The van der Waals surface area contributed by atoms with Crippen molar-refractivity contribution in [3.8, 4) is 17.1 Å².